The van der Waals surface area contributed by atoms with Crippen LogP contribution in [0.4, 0.5) is 0 Å². The van der Waals surface area contributed by atoms with Crippen LogP contribution in [0.1, 0.15) is 38.5 Å². The molecule has 0 aromatic carbocycles. The molecule has 16 heavy (non-hydrogen) atoms. The van der Waals surface area contributed by atoms with Crippen LogP contribution in [-0.4, -0.2) is 24.8 Å². The molecule has 0 aromatic heterocycles. The molecule has 1 atom stereocenters. The second-order valence-corrected chi connectivity index (χ2v) is 4.53. The fourth-order valence-corrected chi connectivity index (χ4v) is 2.53. The summed E-state index contributed by atoms with van der Waals surface area (Å²) in [6.07, 6.45) is 4.58. The molecule has 3 heterocycles. The third-order valence-electron chi connectivity index (χ3n) is 3.41. The van der Waals surface area contributed by atoms with Crippen molar-refractivity contribution >= 4 is 5.78 Å². The highest BCUT2D eigenvalue weighted by atomic mass is 16.7. The minimum atomic E-state index is -0.974. The van der Waals surface area contributed by atoms with Crippen molar-refractivity contribution in [3.8, 4) is 0 Å². The Morgan fingerprint density at radius 3 is 2.75 bits per heavy atom. The molecule has 0 saturated carbocycles. The van der Waals surface area contributed by atoms with E-state index in [9.17, 15) is 4.79 Å². The monoisotopic (exact) mass is 224 g/mol. The van der Waals surface area contributed by atoms with Gasteiger partial charge in [-0.15, -0.1) is 0 Å². The van der Waals surface area contributed by atoms with E-state index in [4.69, 9.17) is 14.2 Å². The number of hydrogen-bond acceptors (Lipinski definition) is 4. The molecule has 0 aromatic rings. The third kappa shape index (κ3) is 1.52. The molecule has 1 unspecified atom stereocenters. The highest BCUT2D eigenvalue weighted by molar-refractivity contribution is 5.86. The van der Waals surface area contributed by atoms with Gasteiger partial charge in [-0.3, -0.25) is 4.79 Å². The van der Waals surface area contributed by atoms with Crippen LogP contribution in [-0.2, 0) is 19.0 Å². The van der Waals surface area contributed by atoms with E-state index in [1.54, 1.807) is 0 Å². The molecule has 0 N–H and O–H groups in total. The quantitative estimate of drug-likeness (QED) is 0.630. The Bertz CT molecular complexity index is 347. The zero-order chi connectivity index (χ0) is 11.0. The van der Waals surface area contributed by atoms with Crippen molar-refractivity contribution in [3.63, 3.8) is 0 Å². The van der Waals surface area contributed by atoms with E-state index in [0.717, 1.165) is 43.8 Å². The van der Waals surface area contributed by atoms with Crippen LogP contribution in [0.5, 0.6) is 0 Å². The highest BCUT2D eigenvalue weighted by Crippen LogP contribution is 2.39. The second kappa shape index (κ2) is 3.77. The molecule has 0 aliphatic carbocycles. The molecule has 1 saturated heterocycles. The summed E-state index contributed by atoms with van der Waals surface area (Å²) < 4.78 is 17.0. The summed E-state index contributed by atoms with van der Waals surface area (Å²) >= 11 is 0. The predicted octanol–water partition coefficient (Wildman–Crippen LogP) is 1.89. The lowest BCUT2D eigenvalue weighted by atomic mass is 9.95. The summed E-state index contributed by atoms with van der Waals surface area (Å²) in [5, 5.41) is 0. The molecule has 3 aliphatic rings. The first kappa shape index (κ1) is 10.1. The van der Waals surface area contributed by atoms with Crippen molar-refractivity contribution in [2.45, 2.75) is 44.3 Å². The molecule has 4 heteroatoms. The van der Waals surface area contributed by atoms with Crippen LogP contribution in [0.2, 0.25) is 0 Å². The van der Waals surface area contributed by atoms with Crippen molar-refractivity contribution < 1.29 is 19.0 Å². The average Bonchev–Trinajstić information content (AvgIpc) is 2.33. The van der Waals surface area contributed by atoms with Crippen LogP contribution < -0.4 is 0 Å². The minimum absolute atomic E-state index is 0.0934. The number of carbonyl (C=O) groups is 1. The largest absolute Gasteiger partial charge is 0.494 e. The molecular formula is C12H16O4. The Hall–Kier alpha value is -1.03. The molecule has 0 amide bonds. The summed E-state index contributed by atoms with van der Waals surface area (Å²) in [6.45, 7) is 1.39. The van der Waals surface area contributed by atoms with E-state index in [0.29, 0.717) is 19.4 Å². The normalized spacial score (nSPS) is 34.4. The lowest BCUT2D eigenvalue weighted by Gasteiger charge is -2.41. The van der Waals surface area contributed by atoms with Crippen LogP contribution in [0.3, 0.4) is 0 Å². The number of carbonyl (C=O) groups excluding carboxylic acids is 1. The predicted molar refractivity (Wildman–Crippen MR) is 55.5 cm³/mol. The van der Waals surface area contributed by atoms with E-state index in [1.807, 2.05) is 0 Å². The lowest BCUT2D eigenvalue weighted by molar-refractivity contribution is -0.236. The van der Waals surface area contributed by atoms with Gasteiger partial charge in [0.1, 0.15) is 11.5 Å². The first-order chi connectivity index (χ1) is 7.80. The standard InChI is InChI=1S/C12H16O4/c13-11-4-2-8-15-12(11)6-5-9-10(16-12)3-1-7-14-9/h1-8H2. The Morgan fingerprint density at radius 2 is 1.88 bits per heavy atom. The molecule has 4 nitrogen and oxygen atoms in total. The van der Waals surface area contributed by atoms with Gasteiger partial charge in [0.25, 0.3) is 5.79 Å². The van der Waals surface area contributed by atoms with Crippen LogP contribution in [0.25, 0.3) is 0 Å². The van der Waals surface area contributed by atoms with Gasteiger partial charge in [-0.1, -0.05) is 0 Å². The molecule has 0 radical (unpaired) electrons. The molecule has 1 fully saturated rings. The van der Waals surface area contributed by atoms with E-state index >= 15 is 0 Å². The van der Waals surface area contributed by atoms with Crippen molar-refractivity contribution in [1.29, 1.82) is 0 Å². The molecule has 1 spiro atoms. The van der Waals surface area contributed by atoms with E-state index in [2.05, 4.69) is 0 Å². The number of allylic oxidation sites excluding steroid dienone is 2. The van der Waals surface area contributed by atoms with Gasteiger partial charge in [-0.05, 0) is 12.8 Å². The fourth-order valence-electron chi connectivity index (χ4n) is 2.53. The molecule has 3 rings (SSSR count). The van der Waals surface area contributed by atoms with Crippen LogP contribution in [0, 0.1) is 0 Å². The number of ketones is 1. The zero-order valence-corrected chi connectivity index (χ0v) is 9.29. The number of rotatable bonds is 0. The van der Waals surface area contributed by atoms with Crippen LogP contribution in [0.15, 0.2) is 11.5 Å². The van der Waals surface area contributed by atoms with E-state index < -0.39 is 5.79 Å². The Labute approximate surface area is 94.5 Å². The SMILES string of the molecule is O=C1CCCOC12CCC1=C(CCCO1)O2. The number of ether oxygens (including phenoxy) is 3. The summed E-state index contributed by atoms with van der Waals surface area (Å²) in [4.78, 5) is 11.9. The van der Waals surface area contributed by atoms with E-state index in [1.165, 1.54) is 0 Å². The Kier molecular flexibility index (Phi) is 2.39. The Morgan fingerprint density at radius 1 is 1.00 bits per heavy atom. The first-order valence-electron chi connectivity index (χ1n) is 6.01. The third-order valence-corrected chi connectivity index (χ3v) is 3.41. The maximum absolute atomic E-state index is 11.9. The van der Waals surface area contributed by atoms with Gasteiger partial charge in [-0.2, -0.15) is 0 Å². The van der Waals surface area contributed by atoms with Gasteiger partial charge >= 0.3 is 0 Å². The molecule has 0 bridgehead atoms. The number of Topliss-reactive ketones (excluding diaryl/α,β-unsaturated/α-hetero) is 1. The molecule has 88 valence electrons. The maximum atomic E-state index is 11.9. The van der Waals surface area contributed by atoms with Gasteiger partial charge in [0.2, 0.25) is 5.78 Å². The molecular weight excluding hydrogens is 208 g/mol. The van der Waals surface area contributed by atoms with Gasteiger partial charge in [0.05, 0.1) is 13.2 Å². The summed E-state index contributed by atoms with van der Waals surface area (Å²) in [5.41, 5.74) is 0. The van der Waals surface area contributed by atoms with Crippen LogP contribution >= 0.6 is 0 Å². The summed E-state index contributed by atoms with van der Waals surface area (Å²) in [5.74, 6) is 0.889. The van der Waals surface area contributed by atoms with Gasteiger partial charge in [0, 0.05) is 25.7 Å². The van der Waals surface area contributed by atoms with Crippen molar-refractivity contribution in [3.05, 3.63) is 11.5 Å². The first-order valence-corrected chi connectivity index (χ1v) is 6.01. The highest BCUT2D eigenvalue weighted by Gasteiger charge is 2.47. The maximum Gasteiger partial charge on any atom is 0.270 e. The van der Waals surface area contributed by atoms with Crippen molar-refractivity contribution in [2.24, 2.45) is 0 Å². The minimum Gasteiger partial charge on any atom is -0.494 e. The summed E-state index contributed by atoms with van der Waals surface area (Å²) in [7, 11) is 0. The fraction of sp³-hybridized carbons (Fsp3) is 0.750. The van der Waals surface area contributed by atoms with Gasteiger partial charge < -0.3 is 14.2 Å². The summed E-state index contributed by atoms with van der Waals surface area (Å²) in [6, 6.07) is 0. The second-order valence-electron chi connectivity index (χ2n) is 4.53. The average molecular weight is 224 g/mol. The smallest absolute Gasteiger partial charge is 0.270 e. The lowest BCUT2D eigenvalue weighted by Crippen LogP contribution is -2.49. The van der Waals surface area contributed by atoms with Crippen molar-refractivity contribution in [1.82, 2.24) is 0 Å². The number of hydrogen-bond donors (Lipinski definition) is 0. The molecule has 3 aliphatic heterocycles. The van der Waals surface area contributed by atoms with Crippen molar-refractivity contribution in [2.75, 3.05) is 13.2 Å². The zero-order valence-electron chi connectivity index (χ0n) is 9.29. The van der Waals surface area contributed by atoms with E-state index in [-0.39, 0.29) is 5.78 Å². The van der Waals surface area contributed by atoms with Gasteiger partial charge in [0.15, 0.2) is 0 Å². The van der Waals surface area contributed by atoms with Gasteiger partial charge in [-0.25, -0.2) is 0 Å². The topological polar surface area (TPSA) is 44.8 Å². The Balaban J connectivity index is 1.84.